The number of benzene rings is 2. The predicted octanol–water partition coefficient (Wildman–Crippen LogP) is 5.82. The van der Waals surface area contributed by atoms with Crippen molar-refractivity contribution in [2.75, 3.05) is 0 Å². The SMILES string of the molecule is CC#Cc1ccc2sc3cc(Cl)c(C(C)(CC(=O)O)N[S+]([O-])C(C)(C)C)cc3c2c1. The van der Waals surface area contributed by atoms with E-state index in [1.54, 1.807) is 25.2 Å². The summed E-state index contributed by atoms with van der Waals surface area (Å²) < 4.78 is 17.4. The maximum Gasteiger partial charge on any atom is 0.305 e. The van der Waals surface area contributed by atoms with Gasteiger partial charge in [0.1, 0.15) is 4.75 Å². The molecule has 0 aliphatic rings. The fraction of sp³-hybridized carbons (Fsp3) is 0.348. The van der Waals surface area contributed by atoms with Crippen LogP contribution in [0.1, 0.15) is 52.2 Å². The van der Waals surface area contributed by atoms with E-state index in [-0.39, 0.29) is 6.42 Å². The molecule has 0 bridgehead atoms. The number of halogens is 1. The lowest BCUT2D eigenvalue weighted by atomic mass is 9.88. The number of thiophene rings is 1. The van der Waals surface area contributed by atoms with Crippen LogP contribution in [0.2, 0.25) is 5.02 Å². The van der Waals surface area contributed by atoms with Gasteiger partial charge in [0.25, 0.3) is 0 Å². The highest BCUT2D eigenvalue weighted by Crippen LogP contribution is 2.41. The van der Waals surface area contributed by atoms with Crippen molar-refractivity contribution >= 4 is 60.4 Å². The fourth-order valence-electron chi connectivity index (χ4n) is 3.29. The molecule has 7 heteroatoms. The number of carboxylic acid groups (broad SMARTS) is 1. The van der Waals surface area contributed by atoms with Crippen LogP contribution in [0.15, 0.2) is 30.3 Å². The molecule has 4 nitrogen and oxygen atoms in total. The number of rotatable bonds is 5. The molecule has 0 aliphatic heterocycles. The van der Waals surface area contributed by atoms with Crippen molar-refractivity contribution < 1.29 is 14.5 Å². The Hall–Kier alpha value is -1.75. The third-order valence-corrected chi connectivity index (χ3v) is 8.00. The maximum absolute atomic E-state index is 12.8. The first-order valence-corrected chi connectivity index (χ1v) is 11.8. The molecule has 3 aromatic rings. The first-order valence-electron chi connectivity index (χ1n) is 9.45. The van der Waals surface area contributed by atoms with Gasteiger partial charge in [0, 0.05) is 42.1 Å². The zero-order valence-electron chi connectivity index (χ0n) is 17.6. The molecule has 158 valence electrons. The van der Waals surface area contributed by atoms with Crippen molar-refractivity contribution in [3.63, 3.8) is 0 Å². The molecule has 0 aliphatic carbocycles. The van der Waals surface area contributed by atoms with Crippen LogP contribution in [0.4, 0.5) is 0 Å². The van der Waals surface area contributed by atoms with E-state index in [0.717, 1.165) is 25.7 Å². The smallest absolute Gasteiger partial charge is 0.305 e. The first kappa shape index (κ1) is 22.9. The standard InChI is InChI=1S/C23H24ClNO3S2/c1-6-7-14-8-9-19-15(10-14)16-11-17(18(24)12-20(16)29-19)23(5,13-21(26)27)25-30(28)22(2,3)4/h8-12,25H,13H2,1-5H3,(H,26,27). The van der Waals surface area contributed by atoms with Gasteiger partial charge < -0.3 is 9.66 Å². The highest BCUT2D eigenvalue weighted by Gasteiger charge is 2.40. The third-order valence-electron chi connectivity index (χ3n) is 4.80. The minimum atomic E-state index is -1.48. The summed E-state index contributed by atoms with van der Waals surface area (Å²) in [6, 6.07) is 9.85. The molecule has 2 N–H and O–H groups in total. The van der Waals surface area contributed by atoms with Gasteiger partial charge >= 0.3 is 5.97 Å². The zero-order chi connectivity index (χ0) is 22.3. The van der Waals surface area contributed by atoms with Crippen LogP contribution in [0.5, 0.6) is 0 Å². The molecule has 2 atom stereocenters. The highest BCUT2D eigenvalue weighted by atomic mass is 35.5. The van der Waals surface area contributed by atoms with E-state index in [1.807, 2.05) is 51.1 Å². The number of nitrogens with one attached hydrogen (secondary N) is 1. The normalized spacial score (nSPS) is 14.9. The second-order valence-electron chi connectivity index (χ2n) is 8.40. The molecule has 2 aromatic carbocycles. The quantitative estimate of drug-likeness (QED) is 0.371. The first-order chi connectivity index (χ1) is 13.9. The zero-order valence-corrected chi connectivity index (χ0v) is 19.9. The third kappa shape index (κ3) is 4.61. The van der Waals surface area contributed by atoms with Crippen LogP contribution < -0.4 is 4.72 Å². The van der Waals surface area contributed by atoms with Gasteiger partial charge in [-0.1, -0.05) is 17.5 Å². The van der Waals surface area contributed by atoms with E-state index in [2.05, 4.69) is 16.6 Å². The van der Waals surface area contributed by atoms with Crippen molar-refractivity contribution in [1.29, 1.82) is 0 Å². The van der Waals surface area contributed by atoms with E-state index in [9.17, 15) is 14.5 Å². The molecule has 0 spiro atoms. The van der Waals surface area contributed by atoms with E-state index < -0.39 is 27.6 Å². The van der Waals surface area contributed by atoms with Gasteiger partial charge in [0.15, 0.2) is 0 Å². The molecule has 1 heterocycles. The Kier molecular flexibility index (Phi) is 6.43. The van der Waals surface area contributed by atoms with Gasteiger partial charge in [-0.25, -0.2) is 0 Å². The van der Waals surface area contributed by atoms with Crippen molar-refractivity contribution in [3.05, 3.63) is 46.5 Å². The molecular formula is C23H24ClNO3S2. The number of carboxylic acids is 1. The van der Waals surface area contributed by atoms with Crippen LogP contribution in [0, 0.1) is 11.8 Å². The molecule has 30 heavy (non-hydrogen) atoms. The summed E-state index contributed by atoms with van der Waals surface area (Å²) in [7, 11) is 0. The lowest BCUT2D eigenvalue weighted by Gasteiger charge is -2.34. The Morgan fingerprint density at radius 2 is 1.87 bits per heavy atom. The number of fused-ring (bicyclic) bond motifs is 3. The molecule has 3 rings (SSSR count). The molecule has 0 saturated carbocycles. The van der Waals surface area contributed by atoms with Crippen LogP contribution in [0.3, 0.4) is 0 Å². The van der Waals surface area contributed by atoms with E-state index in [1.165, 1.54) is 0 Å². The summed E-state index contributed by atoms with van der Waals surface area (Å²) in [4.78, 5) is 11.7. The van der Waals surface area contributed by atoms with Gasteiger partial charge in [0.2, 0.25) is 0 Å². The van der Waals surface area contributed by atoms with Gasteiger partial charge in [0.05, 0.1) is 12.0 Å². The molecule has 2 unspecified atom stereocenters. The molecule has 1 aromatic heterocycles. The summed E-state index contributed by atoms with van der Waals surface area (Å²) in [6.07, 6.45) is -0.255. The Bertz CT molecular complexity index is 1190. The molecule has 0 saturated heterocycles. The second-order valence-corrected chi connectivity index (χ2v) is 11.9. The number of hydrogen-bond donors (Lipinski definition) is 2. The largest absolute Gasteiger partial charge is 0.598 e. The van der Waals surface area contributed by atoms with Crippen molar-refractivity contribution in [2.45, 2.75) is 51.3 Å². The minimum Gasteiger partial charge on any atom is -0.598 e. The van der Waals surface area contributed by atoms with Crippen molar-refractivity contribution in [3.8, 4) is 11.8 Å². The number of aliphatic carboxylic acids is 1. The Balaban J connectivity index is 2.22. The number of carbonyl (C=O) groups is 1. The van der Waals surface area contributed by atoms with Crippen molar-refractivity contribution in [1.82, 2.24) is 4.72 Å². The molecule has 0 radical (unpaired) electrons. The lowest BCUT2D eigenvalue weighted by molar-refractivity contribution is -0.138. The van der Waals surface area contributed by atoms with E-state index in [4.69, 9.17) is 11.6 Å². The van der Waals surface area contributed by atoms with Crippen molar-refractivity contribution in [2.24, 2.45) is 0 Å². The lowest BCUT2D eigenvalue weighted by Crippen LogP contribution is -2.51. The number of hydrogen-bond acceptors (Lipinski definition) is 4. The van der Waals surface area contributed by atoms with Gasteiger partial charge in [-0.05, 0) is 70.5 Å². The van der Waals surface area contributed by atoms with Gasteiger partial charge in [-0.3, -0.25) is 4.79 Å². The van der Waals surface area contributed by atoms with Crippen LogP contribution in [0.25, 0.3) is 20.2 Å². The van der Waals surface area contributed by atoms with Crippen LogP contribution in [-0.4, -0.2) is 20.4 Å². The summed E-state index contributed by atoms with van der Waals surface area (Å²) in [6.45, 7) is 9.05. The molecule has 0 fully saturated rings. The van der Waals surface area contributed by atoms with Gasteiger partial charge in [-0.15, -0.1) is 22.0 Å². The minimum absolute atomic E-state index is 0.255. The topological polar surface area (TPSA) is 72.4 Å². The summed E-state index contributed by atoms with van der Waals surface area (Å²) in [5, 5.41) is 12.0. The van der Waals surface area contributed by atoms with Crippen LogP contribution in [-0.2, 0) is 21.7 Å². The van der Waals surface area contributed by atoms with Crippen LogP contribution >= 0.6 is 22.9 Å². The fourth-order valence-corrected chi connectivity index (χ4v) is 5.73. The Morgan fingerprint density at radius 1 is 1.20 bits per heavy atom. The maximum atomic E-state index is 12.8. The molecule has 0 amide bonds. The predicted molar refractivity (Wildman–Crippen MR) is 128 cm³/mol. The average Bonchev–Trinajstić information content (AvgIpc) is 2.96. The highest BCUT2D eigenvalue weighted by molar-refractivity contribution is 7.90. The Labute approximate surface area is 188 Å². The van der Waals surface area contributed by atoms with Gasteiger partial charge in [-0.2, -0.15) is 0 Å². The monoisotopic (exact) mass is 461 g/mol. The summed E-state index contributed by atoms with van der Waals surface area (Å²) >= 11 is 6.78. The Morgan fingerprint density at radius 3 is 2.47 bits per heavy atom. The summed E-state index contributed by atoms with van der Waals surface area (Å²) in [5.74, 6) is 4.99. The molecular weight excluding hydrogens is 438 g/mol. The van der Waals surface area contributed by atoms with E-state index >= 15 is 0 Å². The van der Waals surface area contributed by atoms with E-state index in [0.29, 0.717) is 10.6 Å². The average molecular weight is 462 g/mol. The summed E-state index contributed by atoms with van der Waals surface area (Å²) in [5.41, 5.74) is 0.425. The second kappa shape index (κ2) is 8.41.